The number of rotatable bonds is 3. The molecule has 4 nitrogen and oxygen atoms in total. The number of piperazine rings is 1. The van der Waals surface area contributed by atoms with Crippen LogP contribution in [0.5, 0.6) is 0 Å². The van der Waals surface area contributed by atoms with Crippen LogP contribution in [0.1, 0.15) is 45.7 Å². The van der Waals surface area contributed by atoms with Crippen LogP contribution in [-0.4, -0.2) is 29.3 Å². The van der Waals surface area contributed by atoms with Crippen LogP contribution in [0.4, 0.5) is 0 Å². The monoisotopic (exact) mass is 288 g/mol. The number of hydrogen-bond acceptors (Lipinski definition) is 2. The van der Waals surface area contributed by atoms with Crippen LogP contribution < -0.4 is 5.32 Å². The van der Waals surface area contributed by atoms with Gasteiger partial charge in [0.15, 0.2) is 0 Å². The van der Waals surface area contributed by atoms with Crippen molar-refractivity contribution in [1.29, 1.82) is 0 Å². The first-order chi connectivity index (χ1) is 9.86. The molecule has 2 rings (SSSR count). The van der Waals surface area contributed by atoms with Gasteiger partial charge in [0.2, 0.25) is 5.91 Å². The first-order valence-corrected chi connectivity index (χ1v) is 7.52. The van der Waals surface area contributed by atoms with Gasteiger partial charge in [0.05, 0.1) is 0 Å². The Morgan fingerprint density at radius 1 is 1.14 bits per heavy atom. The molecule has 1 aromatic carbocycles. The zero-order valence-electron chi connectivity index (χ0n) is 13.2. The van der Waals surface area contributed by atoms with Crippen molar-refractivity contribution in [2.45, 2.75) is 46.2 Å². The van der Waals surface area contributed by atoms with E-state index in [1.807, 2.05) is 58.0 Å². The first-order valence-electron chi connectivity index (χ1n) is 7.52. The maximum atomic E-state index is 12.8. The van der Waals surface area contributed by atoms with E-state index in [1.165, 1.54) is 0 Å². The summed E-state index contributed by atoms with van der Waals surface area (Å²) in [6.45, 7) is 8.62. The smallest absolute Gasteiger partial charge is 0.250 e. The van der Waals surface area contributed by atoms with E-state index in [1.54, 1.807) is 4.90 Å². The summed E-state index contributed by atoms with van der Waals surface area (Å²) < 4.78 is 0. The van der Waals surface area contributed by atoms with Gasteiger partial charge in [-0.25, -0.2) is 0 Å². The number of nitrogens with zero attached hydrogens (tertiary/aromatic N) is 1. The van der Waals surface area contributed by atoms with Gasteiger partial charge in [-0.1, -0.05) is 58.0 Å². The van der Waals surface area contributed by atoms with E-state index in [4.69, 9.17) is 0 Å². The first kappa shape index (κ1) is 15.5. The molecule has 0 radical (unpaired) electrons. The Bertz CT molecular complexity index is 519. The minimum absolute atomic E-state index is 0.0115. The lowest BCUT2D eigenvalue weighted by molar-refractivity contribution is -0.154. The number of carbonyl (C=O) groups excluding carboxylic acids is 2. The molecule has 4 heteroatoms. The van der Waals surface area contributed by atoms with Gasteiger partial charge in [0.25, 0.3) is 5.91 Å². The summed E-state index contributed by atoms with van der Waals surface area (Å²) in [7, 11) is 0. The molecule has 1 heterocycles. The van der Waals surface area contributed by atoms with Crippen molar-refractivity contribution in [2.24, 2.45) is 5.41 Å². The van der Waals surface area contributed by atoms with Gasteiger partial charge in [0, 0.05) is 6.54 Å². The van der Waals surface area contributed by atoms with Crippen molar-refractivity contribution in [1.82, 2.24) is 10.2 Å². The van der Waals surface area contributed by atoms with E-state index in [9.17, 15) is 9.59 Å². The third-order valence-corrected chi connectivity index (χ3v) is 3.79. The molecule has 114 valence electrons. The predicted octanol–water partition coefficient (Wildman–Crippen LogP) is 2.51. The Hall–Kier alpha value is -1.84. The molecular weight excluding hydrogens is 264 g/mol. The van der Waals surface area contributed by atoms with Gasteiger partial charge in [0.1, 0.15) is 12.1 Å². The second-order valence-corrected chi connectivity index (χ2v) is 6.65. The molecule has 0 spiro atoms. The fraction of sp³-hybridized carbons (Fsp3) is 0.529. The van der Waals surface area contributed by atoms with Crippen LogP contribution in [-0.2, 0) is 9.59 Å². The zero-order valence-corrected chi connectivity index (χ0v) is 13.2. The molecule has 21 heavy (non-hydrogen) atoms. The molecule has 1 saturated heterocycles. The standard InChI is InChI=1S/C17H24N2O2/c1-5-11-19-14(17(2,3)4)15(20)18-13(16(19)21)12-9-7-6-8-10-12/h6-10,13-14H,5,11H2,1-4H3,(H,18,20). The normalized spacial score (nSPS) is 23.1. The Morgan fingerprint density at radius 2 is 1.76 bits per heavy atom. The van der Waals surface area contributed by atoms with Crippen molar-refractivity contribution < 1.29 is 9.59 Å². The van der Waals surface area contributed by atoms with Crippen molar-refractivity contribution in [3.63, 3.8) is 0 Å². The van der Waals surface area contributed by atoms with Crippen molar-refractivity contribution in [3.8, 4) is 0 Å². The van der Waals surface area contributed by atoms with Crippen LogP contribution in [0.15, 0.2) is 30.3 Å². The summed E-state index contributed by atoms with van der Waals surface area (Å²) in [6.07, 6.45) is 0.840. The van der Waals surface area contributed by atoms with Crippen LogP contribution in [0, 0.1) is 5.41 Å². The van der Waals surface area contributed by atoms with E-state index in [0.717, 1.165) is 12.0 Å². The average molecular weight is 288 g/mol. The fourth-order valence-electron chi connectivity index (χ4n) is 2.93. The molecule has 0 aliphatic carbocycles. The third kappa shape index (κ3) is 3.09. The highest BCUT2D eigenvalue weighted by molar-refractivity contribution is 5.98. The van der Waals surface area contributed by atoms with E-state index in [0.29, 0.717) is 6.54 Å². The molecule has 2 amide bonds. The fourth-order valence-corrected chi connectivity index (χ4v) is 2.93. The lowest BCUT2D eigenvalue weighted by Crippen LogP contribution is -2.63. The molecule has 1 N–H and O–H groups in total. The Kier molecular flexibility index (Phi) is 4.35. The van der Waals surface area contributed by atoms with E-state index >= 15 is 0 Å². The highest BCUT2D eigenvalue weighted by Gasteiger charge is 2.45. The molecule has 1 aromatic rings. The molecule has 2 atom stereocenters. The number of amides is 2. The molecule has 1 aliphatic heterocycles. The summed E-state index contributed by atoms with van der Waals surface area (Å²) in [5, 5.41) is 2.90. The quantitative estimate of drug-likeness (QED) is 0.929. The highest BCUT2D eigenvalue weighted by atomic mass is 16.2. The second kappa shape index (κ2) is 5.88. The Morgan fingerprint density at radius 3 is 2.29 bits per heavy atom. The van der Waals surface area contributed by atoms with Crippen molar-refractivity contribution >= 4 is 11.8 Å². The molecular formula is C17H24N2O2. The maximum Gasteiger partial charge on any atom is 0.250 e. The van der Waals surface area contributed by atoms with Crippen LogP contribution in [0.2, 0.25) is 0 Å². The number of hydrogen-bond donors (Lipinski definition) is 1. The summed E-state index contributed by atoms with van der Waals surface area (Å²) in [4.78, 5) is 27.1. The minimum Gasteiger partial charge on any atom is -0.339 e. The summed E-state index contributed by atoms with van der Waals surface area (Å²) >= 11 is 0. The van der Waals surface area contributed by atoms with E-state index < -0.39 is 12.1 Å². The van der Waals surface area contributed by atoms with Gasteiger partial charge >= 0.3 is 0 Å². The highest BCUT2D eigenvalue weighted by Crippen LogP contribution is 2.31. The average Bonchev–Trinajstić information content (AvgIpc) is 2.42. The molecule has 1 aliphatic rings. The van der Waals surface area contributed by atoms with Gasteiger partial charge < -0.3 is 10.2 Å². The van der Waals surface area contributed by atoms with E-state index in [2.05, 4.69) is 5.32 Å². The van der Waals surface area contributed by atoms with Crippen LogP contribution in [0.3, 0.4) is 0 Å². The maximum absolute atomic E-state index is 12.8. The molecule has 0 bridgehead atoms. The second-order valence-electron chi connectivity index (χ2n) is 6.65. The third-order valence-electron chi connectivity index (χ3n) is 3.79. The molecule has 0 saturated carbocycles. The van der Waals surface area contributed by atoms with Crippen LogP contribution in [0.25, 0.3) is 0 Å². The molecule has 0 aromatic heterocycles. The van der Waals surface area contributed by atoms with Crippen LogP contribution >= 0.6 is 0 Å². The zero-order chi connectivity index (χ0) is 15.6. The van der Waals surface area contributed by atoms with Gasteiger partial charge in [-0.3, -0.25) is 9.59 Å². The topological polar surface area (TPSA) is 49.4 Å². The summed E-state index contributed by atoms with van der Waals surface area (Å²) in [6, 6.07) is 8.45. The molecule has 2 unspecified atom stereocenters. The predicted molar refractivity (Wildman–Crippen MR) is 82.6 cm³/mol. The Labute approximate surface area is 126 Å². The summed E-state index contributed by atoms with van der Waals surface area (Å²) in [5.41, 5.74) is 0.556. The van der Waals surface area contributed by atoms with Crippen molar-refractivity contribution in [2.75, 3.05) is 6.54 Å². The largest absolute Gasteiger partial charge is 0.339 e. The lowest BCUT2D eigenvalue weighted by Gasteiger charge is -2.44. The minimum atomic E-state index is -0.566. The SMILES string of the molecule is CCCN1C(=O)C(c2ccccc2)NC(=O)C1C(C)(C)C. The lowest BCUT2D eigenvalue weighted by atomic mass is 9.82. The van der Waals surface area contributed by atoms with E-state index in [-0.39, 0.29) is 17.2 Å². The van der Waals surface area contributed by atoms with Crippen molar-refractivity contribution in [3.05, 3.63) is 35.9 Å². The Balaban J connectivity index is 2.36. The summed E-state index contributed by atoms with van der Waals surface area (Å²) in [5.74, 6) is -0.0769. The molecule has 1 fully saturated rings. The number of nitrogens with one attached hydrogen (secondary N) is 1. The van der Waals surface area contributed by atoms with Gasteiger partial charge in [-0.2, -0.15) is 0 Å². The number of benzene rings is 1. The number of carbonyl (C=O) groups is 2. The van der Waals surface area contributed by atoms with Gasteiger partial charge in [-0.05, 0) is 17.4 Å². The van der Waals surface area contributed by atoms with Gasteiger partial charge in [-0.15, -0.1) is 0 Å².